The molecule has 0 bridgehead atoms. The summed E-state index contributed by atoms with van der Waals surface area (Å²) in [6.07, 6.45) is 1.58. The zero-order chi connectivity index (χ0) is 25.0. The highest BCUT2D eigenvalue weighted by atomic mass is 16.5. The maximum atomic E-state index is 12.3. The molecule has 1 aromatic carbocycles. The number of carbonyl (C=O) groups is 4. The van der Waals surface area contributed by atoms with Gasteiger partial charge >= 0.3 is 17.9 Å². The van der Waals surface area contributed by atoms with E-state index in [1.807, 2.05) is 12.1 Å². The van der Waals surface area contributed by atoms with Crippen LogP contribution < -0.4 is 22.6 Å². The summed E-state index contributed by atoms with van der Waals surface area (Å²) in [5.41, 5.74) is 13.2. The maximum absolute atomic E-state index is 12.3. The molecule has 1 aromatic rings. The van der Waals surface area contributed by atoms with Gasteiger partial charge in [0.05, 0.1) is 7.11 Å². The number of nitrogens with one attached hydrogen (secondary N) is 1. The van der Waals surface area contributed by atoms with E-state index in [0.717, 1.165) is 23.9 Å². The van der Waals surface area contributed by atoms with Crippen LogP contribution in [0.4, 0.5) is 5.69 Å². The molecule has 0 aliphatic carbocycles. The van der Waals surface area contributed by atoms with Gasteiger partial charge in [-0.15, -0.1) is 0 Å². The lowest BCUT2D eigenvalue weighted by molar-refractivity contribution is -0.145. The molecule has 2 atom stereocenters. The summed E-state index contributed by atoms with van der Waals surface area (Å²) < 4.78 is 4.70. The first-order valence-electron chi connectivity index (χ1n) is 10.2. The number of aryl methyl sites for hydroxylation is 1. The number of aliphatic carboxylic acids is 2. The van der Waals surface area contributed by atoms with E-state index in [1.165, 1.54) is 0 Å². The van der Waals surface area contributed by atoms with Gasteiger partial charge in [-0.3, -0.25) is 9.59 Å². The number of rotatable bonds is 14. The van der Waals surface area contributed by atoms with Crippen molar-refractivity contribution in [2.75, 3.05) is 12.8 Å². The molecule has 9 N–H and O–H groups in total. The van der Waals surface area contributed by atoms with E-state index < -0.39 is 36.4 Å². The number of hydrazine groups is 1. The molecule has 0 saturated heterocycles. The fraction of sp³-hybridized carbons (Fsp3) is 0.429. The molecule has 0 aliphatic heterocycles. The van der Waals surface area contributed by atoms with E-state index in [-0.39, 0.29) is 30.9 Å². The lowest BCUT2D eigenvalue weighted by Gasteiger charge is -2.23. The molecule has 182 valence electrons. The summed E-state index contributed by atoms with van der Waals surface area (Å²) in [6, 6.07) is 4.85. The largest absolute Gasteiger partial charge is 0.481 e. The summed E-state index contributed by atoms with van der Waals surface area (Å²) in [5.74, 6) is 2.09. The summed E-state index contributed by atoms with van der Waals surface area (Å²) in [4.78, 5) is 46.4. The van der Waals surface area contributed by atoms with E-state index in [0.29, 0.717) is 18.5 Å². The molecule has 0 aliphatic rings. The van der Waals surface area contributed by atoms with Crippen LogP contribution in [0.3, 0.4) is 0 Å². The number of carboxylic acid groups (broad SMARTS) is 2. The number of esters is 1. The van der Waals surface area contributed by atoms with Crippen molar-refractivity contribution in [1.29, 1.82) is 0 Å². The molecule has 0 heterocycles. The maximum Gasteiger partial charge on any atom is 0.328 e. The molecule has 1 amide bonds. The molecule has 1 rings (SSSR count). The van der Waals surface area contributed by atoms with Crippen LogP contribution in [0.5, 0.6) is 0 Å². The Morgan fingerprint density at radius 3 is 2.33 bits per heavy atom. The van der Waals surface area contributed by atoms with Gasteiger partial charge < -0.3 is 36.7 Å². The topological polar surface area (TPSA) is 211 Å². The van der Waals surface area contributed by atoms with Gasteiger partial charge in [0.1, 0.15) is 12.1 Å². The standard InChI is InChI=1S/C21H31N5O7/c1-33-21(32)16(25-18(27)4-2-3-13-5-7-14(22)8-6-13)11-15(23)12-26(24)17(20(30)31)9-10-19(28)29/h5-8,12,16-17H,2-4,9-11,22-24H2,1H3,(H,25,27)(H,28,29)(H,30,31)/b15-12-. The highest BCUT2D eigenvalue weighted by Crippen LogP contribution is 2.11. The number of hydrogen-bond acceptors (Lipinski definition) is 9. The van der Waals surface area contributed by atoms with Crippen LogP contribution in [0.15, 0.2) is 36.2 Å². The SMILES string of the molecule is COC(=O)C(C/C(N)=C/N(N)C(CCC(=O)O)C(=O)O)NC(=O)CCCc1ccc(N)cc1. The molecule has 0 saturated carbocycles. The molecule has 2 unspecified atom stereocenters. The monoisotopic (exact) mass is 465 g/mol. The first-order valence-corrected chi connectivity index (χ1v) is 10.2. The van der Waals surface area contributed by atoms with Gasteiger partial charge in [-0.25, -0.2) is 15.4 Å². The highest BCUT2D eigenvalue weighted by Gasteiger charge is 2.25. The molecular weight excluding hydrogens is 434 g/mol. The van der Waals surface area contributed by atoms with Crippen molar-refractivity contribution >= 4 is 29.5 Å². The van der Waals surface area contributed by atoms with Gasteiger partial charge in [-0.2, -0.15) is 0 Å². The van der Waals surface area contributed by atoms with Crippen molar-refractivity contribution in [3.8, 4) is 0 Å². The molecule has 0 fully saturated rings. The van der Waals surface area contributed by atoms with Gasteiger partial charge in [0.15, 0.2) is 0 Å². The number of amides is 1. The number of anilines is 1. The second kappa shape index (κ2) is 13.6. The normalized spacial score (nSPS) is 13.0. The van der Waals surface area contributed by atoms with Crippen molar-refractivity contribution in [3.05, 3.63) is 41.7 Å². The quantitative estimate of drug-likeness (QED) is 0.0926. The molecule has 12 nitrogen and oxygen atoms in total. The Morgan fingerprint density at radius 2 is 1.79 bits per heavy atom. The molecule has 33 heavy (non-hydrogen) atoms. The van der Waals surface area contributed by atoms with Crippen molar-refractivity contribution in [2.24, 2.45) is 11.6 Å². The van der Waals surface area contributed by atoms with Gasteiger partial charge in [0.2, 0.25) is 5.91 Å². The van der Waals surface area contributed by atoms with Crippen LogP contribution in [0.2, 0.25) is 0 Å². The number of ether oxygens (including phenoxy) is 1. The Bertz CT molecular complexity index is 857. The van der Waals surface area contributed by atoms with Crippen molar-refractivity contribution in [3.63, 3.8) is 0 Å². The van der Waals surface area contributed by atoms with Crippen molar-refractivity contribution in [2.45, 2.75) is 50.6 Å². The minimum Gasteiger partial charge on any atom is -0.481 e. The van der Waals surface area contributed by atoms with Gasteiger partial charge in [0, 0.05) is 36.8 Å². The zero-order valence-electron chi connectivity index (χ0n) is 18.4. The third-order valence-electron chi connectivity index (χ3n) is 4.70. The summed E-state index contributed by atoms with van der Waals surface area (Å²) in [7, 11) is 1.16. The van der Waals surface area contributed by atoms with E-state index >= 15 is 0 Å². The fourth-order valence-electron chi connectivity index (χ4n) is 2.97. The second-order valence-corrected chi connectivity index (χ2v) is 7.38. The van der Waals surface area contributed by atoms with E-state index in [2.05, 4.69) is 5.32 Å². The van der Waals surface area contributed by atoms with Crippen LogP contribution >= 0.6 is 0 Å². The number of carbonyl (C=O) groups excluding carboxylic acids is 2. The van der Waals surface area contributed by atoms with E-state index in [4.69, 9.17) is 27.2 Å². The molecular formula is C21H31N5O7. The third-order valence-corrected chi connectivity index (χ3v) is 4.70. The van der Waals surface area contributed by atoms with Gasteiger partial charge in [-0.05, 0) is 37.0 Å². The first kappa shape index (κ1) is 27.2. The number of nitrogen functional groups attached to an aromatic ring is 1. The van der Waals surface area contributed by atoms with Gasteiger partial charge in [0.25, 0.3) is 0 Å². The number of benzene rings is 1. The Balaban J connectivity index is 2.69. The van der Waals surface area contributed by atoms with E-state index in [1.54, 1.807) is 12.1 Å². The van der Waals surface area contributed by atoms with Crippen molar-refractivity contribution in [1.82, 2.24) is 10.3 Å². The van der Waals surface area contributed by atoms with Gasteiger partial charge in [-0.1, -0.05) is 12.1 Å². The number of carboxylic acids is 2. The Labute approximate surface area is 191 Å². The van der Waals surface area contributed by atoms with Crippen LogP contribution in [-0.2, 0) is 30.3 Å². The number of nitrogens with two attached hydrogens (primary N) is 3. The Morgan fingerprint density at radius 1 is 1.15 bits per heavy atom. The predicted octanol–water partition coefficient (Wildman–Crippen LogP) is -0.0668. The fourth-order valence-corrected chi connectivity index (χ4v) is 2.97. The third kappa shape index (κ3) is 10.4. The van der Waals surface area contributed by atoms with Crippen LogP contribution in [0.1, 0.15) is 37.7 Å². The average Bonchev–Trinajstić information content (AvgIpc) is 2.73. The summed E-state index contributed by atoms with van der Waals surface area (Å²) in [5, 5.41) is 21.3. The van der Waals surface area contributed by atoms with Crippen LogP contribution in [-0.4, -0.2) is 58.2 Å². The number of hydrogen-bond donors (Lipinski definition) is 6. The minimum atomic E-state index is -1.33. The summed E-state index contributed by atoms with van der Waals surface area (Å²) in [6.45, 7) is 0. The second-order valence-electron chi connectivity index (χ2n) is 7.38. The Kier molecular flexibility index (Phi) is 11.2. The van der Waals surface area contributed by atoms with Crippen LogP contribution in [0.25, 0.3) is 0 Å². The molecule has 0 radical (unpaired) electrons. The van der Waals surface area contributed by atoms with Crippen molar-refractivity contribution < 1.29 is 34.1 Å². The zero-order valence-corrected chi connectivity index (χ0v) is 18.4. The minimum absolute atomic E-state index is 0.00310. The average molecular weight is 466 g/mol. The Hall–Kier alpha value is -3.80. The predicted molar refractivity (Wildman–Crippen MR) is 119 cm³/mol. The molecule has 12 heteroatoms. The highest BCUT2D eigenvalue weighted by molar-refractivity contribution is 5.84. The lowest BCUT2D eigenvalue weighted by atomic mass is 10.1. The summed E-state index contributed by atoms with van der Waals surface area (Å²) >= 11 is 0. The number of nitrogens with zero attached hydrogens (tertiary/aromatic N) is 1. The molecule has 0 spiro atoms. The number of methoxy groups -OCH3 is 1. The smallest absolute Gasteiger partial charge is 0.328 e. The van der Waals surface area contributed by atoms with E-state index in [9.17, 15) is 24.3 Å². The van der Waals surface area contributed by atoms with Crippen LogP contribution in [0, 0.1) is 0 Å². The molecule has 0 aromatic heterocycles. The first-order chi connectivity index (χ1) is 15.5. The lowest BCUT2D eigenvalue weighted by Crippen LogP contribution is -2.44.